The fraction of sp³-hybridized carbons (Fsp3) is 0.143. The van der Waals surface area contributed by atoms with Crippen molar-refractivity contribution < 1.29 is 0 Å². The third-order valence-electron chi connectivity index (χ3n) is 4.27. The molecule has 0 atom stereocenters. The van der Waals surface area contributed by atoms with E-state index in [9.17, 15) is 4.79 Å². The lowest BCUT2D eigenvalue weighted by Gasteiger charge is -2.19. The summed E-state index contributed by atoms with van der Waals surface area (Å²) in [6, 6.07) is 19.9. The van der Waals surface area contributed by atoms with E-state index in [4.69, 9.17) is 4.98 Å². The van der Waals surface area contributed by atoms with E-state index in [2.05, 4.69) is 55.4 Å². The number of nitrogens with zero attached hydrogens (tertiary/aromatic N) is 2. The first kappa shape index (κ1) is 15.8. The Morgan fingerprint density at radius 1 is 1.00 bits per heavy atom. The van der Waals surface area contributed by atoms with Crippen LogP contribution < -0.4 is 10.3 Å². The monoisotopic (exact) mass is 346 g/mol. The van der Waals surface area contributed by atoms with Gasteiger partial charge in [-0.1, -0.05) is 30.3 Å². The van der Waals surface area contributed by atoms with Crippen molar-refractivity contribution in [3.8, 4) is 10.6 Å². The number of anilines is 1. The number of benzene rings is 3. The van der Waals surface area contributed by atoms with Gasteiger partial charge < -0.3 is 4.90 Å². The topological polar surface area (TPSA) is 33.2 Å². The van der Waals surface area contributed by atoms with E-state index in [0.29, 0.717) is 0 Å². The zero-order valence-electron chi connectivity index (χ0n) is 14.2. The summed E-state index contributed by atoms with van der Waals surface area (Å²) < 4.78 is 1.10. The molecule has 1 heterocycles. The normalized spacial score (nSPS) is 11.1. The summed E-state index contributed by atoms with van der Waals surface area (Å²) in [4.78, 5) is 19.5. The van der Waals surface area contributed by atoms with Crippen LogP contribution in [0.5, 0.6) is 0 Å². The standard InChI is InChI=1S/C21H18N2OS/c1-23(2)19-13-21-18(11-15(19)10-14-6-4-3-5-7-14)22-17-9-8-16(24)12-20(17)25-21/h3-9,11-13H,10H2,1-2H3. The lowest BCUT2D eigenvalue weighted by atomic mass is 10.0. The highest BCUT2D eigenvalue weighted by atomic mass is 32.1. The van der Waals surface area contributed by atoms with Gasteiger partial charge in [0, 0.05) is 25.8 Å². The summed E-state index contributed by atoms with van der Waals surface area (Å²) >= 11 is 1.62. The SMILES string of the molecule is CN(C)c1cc2sc3cc(=O)ccc-3nc2cc1Cc1ccccc1. The minimum atomic E-state index is 0.0263. The van der Waals surface area contributed by atoms with Gasteiger partial charge in [0.1, 0.15) is 0 Å². The van der Waals surface area contributed by atoms with Crippen LogP contribution in [-0.4, -0.2) is 19.1 Å². The first-order valence-electron chi connectivity index (χ1n) is 8.19. The number of rotatable bonds is 3. The van der Waals surface area contributed by atoms with Crippen molar-refractivity contribution in [2.45, 2.75) is 6.42 Å². The van der Waals surface area contributed by atoms with Gasteiger partial charge in [0.05, 0.1) is 20.8 Å². The lowest BCUT2D eigenvalue weighted by Crippen LogP contribution is -2.11. The van der Waals surface area contributed by atoms with Gasteiger partial charge in [-0.15, -0.1) is 11.3 Å². The molecule has 2 aromatic rings. The Labute approximate surface area is 150 Å². The van der Waals surface area contributed by atoms with Gasteiger partial charge in [-0.05, 0) is 41.8 Å². The minimum absolute atomic E-state index is 0.0263. The van der Waals surface area contributed by atoms with E-state index in [1.54, 1.807) is 23.5 Å². The van der Waals surface area contributed by atoms with Crippen molar-refractivity contribution in [3.05, 3.63) is 82.0 Å². The van der Waals surface area contributed by atoms with E-state index in [1.807, 2.05) is 12.1 Å². The van der Waals surface area contributed by atoms with Gasteiger partial charge in [0.2, 0.25) is 0 Å². The van der Waals surface area contributed by atoms with Crippen LogP contribution in [0, 0.1) is 0 Å². The number of hydrogen-bond donors (Lipinski definition) is 0. The largest absolute Gasteiger partial charge is 0.377 e. The summed E-state index contributed by atoms with van der Waals surface area (Å²) in [5.41, 5.74) is 5.60. The molecular formula is C21H18N2OS. The summed E-state index contributed by atoms with van der Waals surface area (Å²) in [6.07, 6.45) is 0.869. The number of fused-ring (bicyclic) bond motifs is 2. The molecule has 0 bridgehead atoms. The van der Waals surface area contributed by atoms with Crippen LogP contribution in [0.15, 0.2) is 65.5 Å². The Hall–Kier alpha value is -2.72. The highest BCUT2D eigenvalue weighted by Gasteiger charge is 2.12. The molecule has 4 rings (SSSR count). The van der Waals surface area contributed by atoms with Crippen molar-refractivity contribution in [1.82, 2.24) is 4.98 Å². The third kappa shape index (κ3) is 3.13. The van der Waals surface area contributed by atoms with Crippen LogP contribution in [0.1, 0.15) is 11.1 Å². The Morgan fingerprint density at radius 2 is 1.80 bits per heavy atom. The highest BCUT2D eigenvalue weighted by molar-refractivity contribution is 7.21. The average molecular weight is 346 g/mol. The molecule has 1 aliphatic carbocycles. The average Bonchev–Trinajstić information content (AvgIpc) is 2.60. The van der Waals surface area contributed by atoms with E-state index in [1.165, 1.54) is 16.8 Å². The highest BCUT2D eigenvalue weighted by Crippen LogP contribution is 2.34. The first-order chi connectivity index (χ1) is 12.1. The maximum absolute atomic E-state index is 11.6. The zero-order valence-corrected chi connectivity index (χ0v) is 15.0. The molecule has 0 amide bonds. The second kappa shape index (κ2) is 6.30. The Morgan fingerprint density at radius 3 is 2.56 bits per heavy atom. The predicted molar refractivity (Wildman–Crippen MR) is 106 cm³/mol. The molecule has 0 saturated carbocycles. The lowest BCUT2D eigenvalue weighted by molar-refractivity contribution is 1.08. The Kier molecular flexibility index (Phi) is 3.98. The fourth-order valence-electron chi connectivity index (χ4n) is 3.06. The quantitative estimate of drug-likeness (QED) is 0.515. The summed E-state index contributed by atoms with van der Waals surface area (Å²) in [5.74, 6) is 0. The van der Waals surface area contributed by atoms with Crippen molar-refractivity contribution in [1.29, 1.82) is 0 Å². The van der Waals surface area contributed by atoms with Gasteiger partial charge in [-0.2, -0.15) is 0 Å². The van der Waals surface area contributed by atoms with Crippen molar-refractivity contribution in [3.63, 3.8) is 0 Å². The molecule has 0 radical (unpaired) electrons. The fourth-order valence-corrected chi connectivity index (χ4v) is 4.07. The third-order valence-corrected chi connectivity index (χ3v) is 5.37. The molecule has 0 spiro atoms. The molecule has 2 aromatic carbocycles. The molecule has 25 heavy (non-hydrogen) atoms. The Bertz CT molecular complexity index is 1070. The van der Waals surface area contributed by atoms with Crippen LogP contribution in [0.25, 0.3) is 20.8 Å². The molecule has 0 N–H and O–H groups in total. The van der Waals surface area contributed by atoms with Gasteiger partial charge >= 0.3 is 0 Å². The van der Waals surface area contributed by atoms with Crippen LogP contribution in [-0.2, 0) is 6.42 Å². The molecule has 0 unspecified atom stereocenters. The zero-order chi connectivity index (χ0) is 17.4. The molecule has 4 heteroatoms. The summed E-state index contributed by atoms with van der Waals surface area (Å²) in [7, 11) is 4.12. The maximum Gasteiger partial charge on any atom is 0.180 e. The molecule has 0 saturated heterocycles. The number of aromatic nitrogens is 1. The van der Waals surface area contributed by atoms with E-state index < -0.39 is 0 Å². The smallest absolute Gasteiger partial charge is 0.180 e. The predicted octanol–water partition coefficient (Wildman–Crippen LogP) is 4.42. The van der Waals surface area contributed by atoms with Crippen molar-refractivity contribution >= 4 is 27.2 Å². The molecule has 1 aliphatic heterocycles. The van der Waals surface area contributed by atoms with Gasteiger partial charge in [0.25, 0.3) is 0 Å². The van der Waals surface area contributed by atoms with Gasteiger partial charge in [-0.25, -0.2) is 4.98 Å². The molecule has 3 nitrogen and oxygen atoms in total. The molecule has 0 fully saturated rings. The van der Waals surface area contributed by atoms with Crippen molar-refractivity contribution in [2.24, 2.45) is 0 Å². The van der Waals surface area contributed by atoms with Crippen LogP contribution in [0.2, 0.25) is 0 Å². The van der Waals surface area contributed by atoms with Crippen molar-refractivity contribution in [2.75, 3.05) is 19.0 Å². The molecule has 2 aliphatic rings. The maximum atomic E-state index is 11.6. The summed E-state index contributed by atoms with van der Waals surface area (Å²) in [6.45, 7) is 0. The second-order valence-corrected chi connectivity index (χ2v) is 7.43. The number of hydrogen-bond acceptors (Lipinski definition) is 4. The van der Waals surface area contributed by atoms with Crippen LogP contribution >= 0.6 is 11.3 Å². The molecular weight excluding hydrogens is 328 g/mol. The second-order valence-electron chi connectivity index (χ2n) is 6.35. The van der Waals surface area contributed by atoms with Crippen LogP contribution in [0.3, 0.4) is 0 Å². The Balaban J connectivity index is 1.91. The van der Waals surface area contributed by atoms with Gasteiger partial charge in [-0.3, -0.25) is 4.79 Å². The van der Waals surface area contributed by atoms with E-state index in [-0.39, 0.29) is 5.43 Å². The van der Waals surface area contributed by atoms with E-state index in [0.717, 1.165) is 27.2 Å². The molecule has 0 aromatic heterocycles. The molecule has 124 valence electrons. The first-order valence-corrected chi connectivity index (χ1v) is 9.00. The van der Waals surface area contributed by atoms with Crippen LogP contribution in [0.4, 0.5) is 5.69 Å². The minimum Gasteiger partial charge on any atom is -0.377 e. The van der Waals surface area contributed by atoms with E-state index >= 15 is 0 Å². The van der Waals surface area contributed by atoms with Gasteiger partial charge in [0.15, 0.2) is 5.43 Å². The summed E-state index contributed by atoms with van der Waals surface area (Å²) in [5, 5.41) is 0.